The third kappa shape index (κ3) is 3.03. The molecule has 1 aliphatic carbocycles. The minimum atomic E-state index is -0.345. The third-order valence-electron chi connectivity index (χ3n) is 4.08. The van der Waals surface area contributed by atoms with Crippen molar-refractivity contribution in [3.05, 3.63) is 65.2 Å². The van der Waals surface area contributed by atoms with Gasteiger partial charge in [-0.25, -0.2) is 4.99 Å². The maximum absolute atomic E-state index is 6.70. The lowest BCUT2D eigenvalue weighted by Crippen LogP contribution is -2.37. The standard InChI is InChI=1S/C18H21N3S/c1-2-22-17(19)21-16-9-5-8-15(10-16)18(20)11-13-6-3-4-7-14(13)12-18/h3-10H,2,11-12,20H2,1H3,(H2,19,21). The molecule has 0 bridgehead atoms. The summed E-state index contributed by atoms with van der Waals surface area (Å²) in [7, 11) is 0. The zero-order valence-corrected chi connectivity index (χ0v) is 13.6. The maximum atomic E-state index is 6.70. The molecule has 2 aromatic carbocycles. The van der Waals surface area contributed by atoms with Gasteiger partial charge in [0.05, 0.1) is 5.69 Å². The number of amidine groups is 1. The smallest absolute Gasteiger partial charge is 0.159 e. The molecule has 0 spiro atoms. The Kier molecular flexibility index (Phi) is 4.23. The fourth-order valence-corrected chi connectivity index (χ4v) is 3.51. The summed E-state index contributed by atoms with van der Waals surface area (Å²) in [6, 6.07) is 16.6. The van der Waals surface area contributed by atoms with Gasteiger partial charge in [-0.15, -0.1) is 0 Å². The van der Waals surface area contributed by atoms with E-state index in [4.69, 9.17) is 11.5 Å². The van der Waals surface area contributed by atoms with Gasteiger partial charge in [0.15, 0.2) is 5.17 Å². The third-order valence-corrected chi connectivity index (χ3v) is 4.76. The quantitative estimate of drug-likeness (QED) is 0.675. The average Bonchev–Trinajstić information content (AvgIpc) is 2.85. The Labute approximate surface area is 135 Å². The molecular weight excluding hydrogens is 290 g/mol. The van der Waals surface area contributed by atoms with Crippen molar-refractivity contribution in [2.75, 3.05) is 5.75 Å². The van der Waals surface area contributed by atoms with Crippen LogP contribution in [0.25, 0.3) is 0 Å². The van der Waals surface area contributed by atoms with Crippen molar-refractivity contribution in [1.29, 1.82) is 0 Å². The number of hydrogen-bond acceptors (Lipinski definition) is 3. The Hall–Kier alpha value is -1.78. The first kappa shape index (κ1) is 15.1. The van der Waals surface area contributed by atoms with E-state index in [1.165, 1.54) is 11.1 Å². The Morgan fingerprint density at radius 2 is 1.82 bits per heavy atom. The fourth-order valence-electron chi connectivity index (χ4n) is 3.04. The summed E-state index contributed by atoms with van der Waals surface area (Å²) < 4.78 is 0. The summed E-state index contributed by atoms with van der Waals surface area (Å²) in [5, 5.41) is 0.598. The van der Waals surface area contributed by atoms with Gasteiger partial charge < -0.3 is 11.5 Å². The van der Waals surface area contributed by atoms with Crippen molar-refractivity contribution >= 4 is 22.6 Å². The second-order valence-electron chi connectivity index (χ2n) is 5.71. The lowest BCUT2D eigenvalue weighted by Gasteiger charge is -2.24. The number of rotatable bonds is 3. The predicted octanol–water partition coefficient (Wildman–Crippen LogP) is 3.34. The predicted molar refractivity (Wildman–Crippen MR) is 95.6 cm³/mol. The summed E-state index contributed by atoms with van der Waals surface area (Å²) in [5.41, 5.74) is 17.0. The zero-order valence-electron chi connectivity index (χ0n) is 12.8. The number of aliphatic imine (C=N–C) groups is 1. The van der Waals surface area contributed by atoms with Crippen LogP contribution in [0.2, 0.25) is 0 Å². The van der Waals surface area contributed by atoms with Gasteiger partial charge in [-0.2, -0.15) is 0 Å². The van der Waals surface area contributed by atoms with Crippen molar-refractivity contribution < 1.29 is 0 Å². The molecule has 4 heteroatoms. The molecule has 0 saturated carbocycles. The zero-order chi connectivity index (χ0) is 15.6. The number of thioether (sulfide) groups is 1. The molecule has 3 rings (SSSR count). The average molecular weight is 311 g/mol. The number of benzene rings is 2. The summed E-state index contributed by atoms with van der Waals surface area (Å²) in [6.07, 6.45) is 1.74. The molecule has 22 heavy (non-hydrogen) atoms. The van der Waals surface area contributed by atoms with E-state index in [0.717, 1.165) is 29.8 Å². The molecule has 4 N–H and O–H groups in total. The van der Waals surface area contributed by atoms with Gasteiger partial charge in [-0.05, 0) is 47.4 Å². The Morgan fingerprint density at radius 1 is 1.14 bits per heavy atom. The van der Waals surface area contributed by atoms with E-state index >= 15 is 0 Å². The normalized spacial score (nSPS) is 16.5. The molecule has 114 valence electrons. The van der Waals surface area contributed by atoms with Gasteiger partial charge in [0.1, 0.15) is 0 Å². The maximum Gasteiger partial charge on any atom is 0.159 e. The van der Waals surface area contributed by atoms with Crippen LogP contribution in [0.1, 0.15) is 23.6 Å². The fraction of sp³-hybridized carbons (Fsp3) is 0.278. The molecule has 0 aromatic heterocycles. The molecule has 3 nitrogen and oxygen atoms in total. The molecule has 1 aliphatic rings. The van der Waals surface area contributed by atoms with Crippen molar-refractivity contribution in [3.63, 3.8) is 0 Å². The molecule has 0 unspecified atom stereocenters. The minimum Gasteiger partial charge on any atom is -0.378 e. The number of fused-ring (bicyclic) bond motifs is 1. The van der Waals surface area contributed by atoms with E-state index in [1.807, 2.05) is 12.1 Å². The highest BCUT2D eigenvalue weighted by molar-refractivity contribution is 8.13. The van der Waals surface area contributed by atoms with Crippen LogP contribution in [0.3, 0.4) is 0 Å². The SMILES string of the molecule is CCSC(N)=Nc1cccc(C2(N)Cc3ccccc3C2)c1. The van der Waals surface area contributed by atoms with Crippen LogP contribution >= 0.6 is 11.8 Å². The molecule has 0 saturated heterocycles. The molecule has 0 fully saturated rings. The van der Waals surface area contributed by atoms with Crippen LogP contribution in [0.5, 0.6) is 0 Å². The first-order chi connectivity index (χ1) is 10.6. The second kappa shape index (κ2) is 6.15. The lowest BCUT2D eigenvalue weighted by atomic mass is 9.88. The minimum absolute atomic E-state index is 0.345. The number of hydrogen-bond donors (Lipinski definition) is 2. The highest BCUT2D eigenvalue weighted by Crippen LogP contribution is 2.36. The van der Waals surface area contributed by atoms with Crippen LogP contribution < -0.4 is 11.5 Å². The Balaban J connectivity index is 1.89. The highest BCUT2D eigenvalue weighted by atomic mass is 32.2. The largest absolute Gasteiger partial charge is 0.378 e. The topological polar surface area (TPSA) is 64.4 Å². The van der Waals surface area contributed by atoms with E-state index in [2.05, 4.69) is 48.3 Å². The first-order valence-electron chi connectivity index (χ1n) is 7.54. The molecule has 0 atom stereocenters. The van der Waals surface area contributed by atoms with Gasteiger partial charge in [-0.3, -0.25) is 0 Å². The molecule has 0 radical (unpaired) electrons. The van der Waals surface area contributed by atoms with Crippen LogP contribution in [0.4, 0.5) is 5.69 Å². The van der Waals surface area contributed by atoms with Crippen molar-refractivity contribution in [2.24, 2.45) is 16.5 Å². The summed E-state index contributed by atoms with van der Waals surface area (Å²) in [4.78, 5) is 4.46. The molecule has 0 aliphatic heterocycles. The molecule has 0 amide bonds. The van der Waals surface area contributed by atoms with Crippen LogP contribution in [0, 0.1) is 0 Å². The monoisotopic (exact) mass is 311 g/mol. The molecule has 2 aromatic rings. The van der Waals surface area contributed by atoms with E-state index in [9.17, 15) is 0 Å². The van der Waals surface area contributed by atoms with Gasteiger partial charge >= 0.3 is 0 Å². The summed E-state index contributed by atoms with van der Waals surface area (Å²) >= 11 is 1.55. The first-order valence-corrected chi connectivity index (χ1v) is 8.52. The highest BCUT2D eigenvalue weighted by Gasteiger charge is 2.34. The van der Waals surface area contributed by atoms with Crippen molar-refractivity contribution in [1.82, 2.24) is 0 Å². The lowest BCUT2D eigenvalue weighted by molar-refractivity contribution is 0.473. The van der Waals surface area contributed by atoms with Crippen LogP contribution in [-0.2, 0) is 18.4 Å². The number of nitrogens with zero attached hydrogens (tertiary/aromatic N) is 1. The van der Waals surface area contributed by atoms with Crippen LogP contribution in [-0.4, -0.2) is 10.9 Å². The van der Waals surface area contributed by atoms with Gasteiger partial charge in [0, 0.05) is 5.54 Å². The molecule has 0 heterocycles. The van der Waals surface area contributed by atoms with Crippen molar-refractivity contribution in [3.8, 4) is 0 Å². The van der Waals surface area contributed by atoms with Gasteiger partial charge in [-0.1, -0.05) is 55.1 Å². The van der Waals surface area contributed by atoms with E-state index in [1.54, 1.807) is 11.8 Å². The van der Waals surface area contributed by atoms with Crippen LogP contribution in [0.15, 0.2) is 53.5 Å². The Bertz CT molecular complexity index is 684. The second-order valence-corrected chi connectivity index (χ2v) is 7.00. The number of nitrogens with two attached hydrogens (primary N) is 2. The summed E-state index contributed by atoms with van der Waals surface area (Å²) in [5.74, 6) is 0.922. The van der Waals surface area contributed by atoms with E-state index < -0.39 is 0 Å². The van der Waals surface area contributed by atoms with E-state index in [-0.39, 0.29) is 5.54 Å². The van der Waals surface area contributed by atoms with Gasteiger partial charge in [0.2, 0.25) is 0 Å². The van der Waals surface area contributed by atoms with E-state index in [0.29, 0.717) is 5.17 Å². The van der Waals surface area contributed by atoms with Crippen molar-refractivity contribution in [2.45, 2.75) is 25.3 Å². The Morgan fingerprint density at radius 3 is 2.45 bits per heavy atom. The van der Waals surface area contributed by atoms with Gasteiger partial charge in [0.25, 0.3) is 0 Å². The summed E-state index contributed by atoms with van der Waals surface area (Å²) in [6.45, 7) is 2.06. The molecular formula is C18H21N3S.